The molecule has 0 aromatic carbocycles. The lowest BCUT2D eigenvalue weighted by molar-refractivity contribution is 0.196. The monoisotopic (exact) mass is 330 g/mol. The number of pyridine rings is 1. The number of amides is 2. The van der Waals surface area contributed by atoms with Gasteiger partial charge in [0, 0.05) is 37.1 Å². The first-order valence-electron chi connectivity index (χ1n) is 8.33. The van der Waals surface area contributed by atoms with Crippen LogP contribution in [0.3, 0.4) is 0 Å². The molecule has 0 unspecified atom stereocenters. The van der Waals surface area contributed by atoms with Crippen LogP contribution >= 0.6 is 0 Å². The van der Waals surface area contributed by atoms with Gasteiger partial charge in [0.25, 0.3) is 0 Å². The van der Waals surface area contributed by atoms with Crippen molar-refractivity contribution in [3.05, 3.63) is 36.4 Å². The molecule has 130 valence electrons. The van der Waals surface area contributed by atoms with Crippen molar-refractivity contribution in [2.24, 2.45) is 5.92 Å². The highest BCUT2D eigenvalue weighted by atomic mass is 16.5. The molecular formula is C18H26N4O2. The van der Waals surface area contributed by atoms with E-state index in [2.05, 4.69) is 29.3 Å². The highest BCUT2D eigenvalue weighted by Crippen LogP contribution is 2.18. The second-order valence-corrected chi connectivity index (χ2v) is 6.60. The van der Waals surface area contributed by atoms with Gasteiger partial charge in [0.05, 0.1) is 6.54 Å². The summed E-state index contributed by atoms with van der Waals surface area (Å²) in [6, 6.07) is 5.65. The first-order valence-corrected chi connectivity index (χ1v) is 8.33. The highest BCUT2D eigenvalue weighted by Gasteiger charge is 2.15. The smallest absolute Gasteiger partial charge is 0.317 e. The Hall–Kier alpha value is -2.37. The summed E-state index contributed by atoms with van der Waals surface area (Å²) in [5.41, 5.74) is 1.61. The Kier molecular flexibility index (Phi) is 6.35. The maximum Gasteiger partial charge on any atom is 0.317 e. The van der Waals surface area contributed by atoms with E-state index in [1.807, 2.05) is 25.1 Å². The molecule has 1 N–H and O–H groups in total. The zero-order valence-corrected chi connectivity index (χ0v) is 14.8. The van der Waals surface area contributed by atoms with Gasteiger partial charge >= 0.3 is 6.03 Å². The number of carbonyl (C=O) groups excluding carboxylic acids is 1. The van der Waals surface area contributed by atoms with Gasteiger partial charge in [-0.3, -0.25) is 4.98 Å². The molecule has 2 aromatic heterocycles. The fourth-order valence-corrected chi connectivity index (χ4v) is 2.32. The topological polar surface area (TPSA) is 71.3 Å². The van der Waals surface area contributed by atoms with Gasteiger partial charge in [-0.2, -0.15) is 0 Å². The molecule has 0 aliphatic rings. The highest BCUT2D eigenvalue weighted by molar-refractivity contribution is 5.74. The van der Waals surface area contributed by atoms with E-state index in [0.29, 0.717) is 18.2 Å². The van der Waals surface area contributed by atoms with Crippen molar-refractivity contribution in [1.29, 1.82) is 0 Å². The second-order valence-electron chi connectivity index (χ2n) is 6.60. The summed E-state index contributed by atoms with van der Waals surface area (Å²) >= 11 is 0. The average Bonchev–Trinajstić information content (AvgIpc) is 3.02. The van der Waals surface area contributed by atoms with Gasteiger partial charge in [0.2, 0.25) is 0 Å². The minimum absolute atomic E-state index is 0.106. The molecular weight excluding hydrogens is 304 g/mol. The Bertz CT molecular complexity index is 639. The number of nitrogens with one attached hydrogen (secondary N) is 1. The molecule has 0 bridgehead atoms. The fourth-order valence-electron chi connectivity index (χ4n) is 2.32. The molecule has 2 amide bonds. The van der Waals surface area contributed by atoms with E-state index in [0.717, 1.165) is 24.1 Å². The van der Waals surface area contributed by atoms with E-state index < -0.39 is 0 Å². The molecule has 1 atom stereocenters. The van der Waals surface area contributed by atoms with E-state index in [4.69, 9.17) is 4.52 Å². The molecule has 0 fully saturated rings. The van der Waals surface area contributed by atoms with Crippen LogP contribution in [0.2, 0.25) is 0 Å². The lowest BCUT2D eigenvalue weighted by atomic mass is 10.0. The molecule has 0 saturated carbocycles. The number of nitrogens with zero attached hydrogens (tertiary/aromatic N) is 3. The molecule has 6 nitrogen and oxygen atoms in total. The van der Waals surface area contributed by atoms with E-state index in [9.17, 15) is 4.79 Å². The number of carbonyl (C=O) groups is 1. The van der Waals surface area contributed by atoms with Crippen molar-refractivity contribution in [3.63, 3.8) is 0 Å². The summed E-state index contributed by atoms with van der Waals surface area (Å²) in [6.07, 6.45) is 5.52. The number of rotatable bonds is 7. The molecule has 0 radical (unpaired) electrons. The molecule has 0 aliphatic carbocycles. The molecule has 0 aliphatic heterocycles. The summed E-state index contributed by atoms with van der Waals surface area (Å²) in [5, 5.41) is 7.04. The van der Waals surface area contributed by atoms with Crippen molar-refractivity contribution in [3.8, 4) is 11.3 Å². The van der Waals surface area contributed by atoms with Gasteiger partial charge in [-0.25, -0.2) is 4.79 Å². The molecule has 0 spiro atoms. The Labute approximate surface area is 143 Å². The maximum absolute atomic E-state index is 12.2. The van der Waals surface area contributed by atoms with Crippen molar-refractivity contribution in [2.45, 2.75) is 46.2 Å². The molecule has 2 heterocycles. The van der Waals surface area contributed by atoms with Crippen LogP contribution < -0.4 is 5.32 Å². The van der Waals surface area contributed by atoms with Crippen LogP contribution in [-0.4, -0.2) is 34.2 Å². The van der Waals surface area contributed by atoms with Crippen LogP contribution in [0.4, 0.5) is 4.79 Å². The summed E-state index contributed by atoms with van der Waals surface area (Å²) in [5.74, 6) is 1.28. The van der Waals surface area contributed by atoms with E-state index >= 15 is 0 Å². The summed E-state index contributed by atoms with van der Waals surface area (Å²) in [6.45, 7) is 6.77. The molecule has 6 heteroatoms. The zero-order chi connectivity index (χ0) is 17.5. The Balaban J connectivity index is 1.87. The SMILES string of the molecule is CC(C)CC[C@@H](C)NC(=O)N(C)Cc1cc(-c2cccnc2)no1. The first kappa shape index (κ1) is 18.0. The number of hydrogen-bond donors (Lipinski definition) is 1. The maximum atomic E-state index is 12.2. The molecule has 24 heavy (non-hydrogen) atoms. The van der Waals surface area contributed by atoms with Crippen molar-refractivity contribution < 1.29 is 9.32 Å². The van der Waals surface area contributed by atoms with Crippen LogP contribution in [0, 0.1) is 5.92 Å². The van der Waals surface area contributed by atoms with Crippen LogP contribution in [0.5, 0.6) is 0 Å². The largest absolute Gasteiger partial charge is 0.359 e. The standard InChI is InChI=1S/C18H26N4O2/c1-13(2)7-8-14(3)20-18(23)22(4)12-16-10-17(21-24-16)15-6-5-9-19-11-15/h5-6,9-11,13-14H,7-8,12H2,1-4H3,(H,20,23)/t14-/m1/s1. The van der Waals surface area contributed by atoms with E-state index in [-0.39, 0.29) is 12.1 Å². The number of hydrogen-bond acceptors (Lipinski definition) is 4. The third-order valence-corrected chi connectivity index (χ3v) is 3.80. The summed E-state index contributed by atoms with van der Waals surface area (Å²) < 4.78 is 5.32. The van der Waals surface area contributed by atoms with Crippen LogP contribution in [0.1, 0.15) is 39.4 Å². The predicted molar refractivity (Wildman–Crippen MR) is 93.3 cm³/mol. The van der Waals surface area contributed by atoms with Gasteiger partial charge in [0.1, 0.15) is 5.69 Å². The minimum atomic E-state index is -0.106. The Morgan fingerprint density at radius 3 is 2.79 bits per heavy atom. The average molecular weight is 330 g/mol. The van der Waals surface area contributed by atoms with Crippen LogP contribution in [0.15, 0.2) is 35.1 Å². The van der Waals surface area contributed by atoms with Crippen molar-refractivity contribution >= 4 is 6.03 Å². The lowest BCUT2D eigenvalue weighted by Gasteiger charge is -2.20. The third kappa shape index (κ3) is 5.37. The Morgan fingerprint density at radius 1 is 1.33 bits per heavy atom. The van der Waals surface area contributed by atoms with Gasteiger partial charge in [-0.05, 0) is 37.8 Å². The van der Waals surface area contributed by atoms with Crippen LogP contribution in [0.25, 0.3) is 11.3 Å². The summed E-state index contributed by atoms with van der Waals surface area (Å²) in [4.78, 5) is 17.9. The zero-order valence-electron chi connectivity index (χ0n) is 14.8. The second kappa shape index (κ2) is 8.47. The number of aromatic nitrogens is 2. The quantitative estimate of drug-likeness (QED) is 0.840. The summed E-state index contributed by atoms with van der Waals surface area (Å²) in [7, 11) is 1.75. The number of urea groups is 1. The Morgan fingerprint density at radius 2 is 2.12 bits per heavy atom. The minimum Gasteiger partial charge on any atom is -0.359 e. The van der Waals surface area contributed by atoms with E-state index in [1.54, 1.807) is 24.3 Å². The first-order chi connectivity index (χ1) is 11.5. The molecule has 2 aromatic rings. The molecule has 2 rings (SSSR count). The third-order valence-electron chi connectivity index (χ3n) is 3.80. The van der Waals surface area contributed by atoms with Gasteiger partial charge < -0.3 is 14.7 Å². The van der Waals surface area contributed by atoms with E-state index in [1.165, 1.54) is 0 Å². The van der Waals surface area contributed by atoms with Gasteiger partial charge in [0.15, 0.2) is 5.76 Å². The fraction of sp³-hybridized carbons (Fsp3) is 0.500. The van der Waals surface area contributed by atoms with Crippen LogP contribution in [-0.2, 0) is 6.54 Å². The normalized spacial score (nSPS) is 12.2. The van der Waals surface area contributed by atoms with Gasteiger partial charge in [-0.15, -0.1) is 0 Å². The van der Waals surface area contributed by atoms with Crippen molar-refractivity contribution in [1.82, 2.24) is 20.4 Å². The molecule has 0 saturated heterocycles. The lowest BCUT2D eigenvalue weighted by Crippen LogP contribution is -2.41. The van der Waals surface area contributed by atoms with Gasteiger partial charge in [-0.1, -0.05) is 19.0 Å². The predicted octanol–water partition coefficient (Wildman–Crippen LogP) is 3.70. The van der Waals surface area contributed by atoms with Crippen molar-refractivity contribution in [2.75, 3.05) is 7.05 Å².